The second-order valence-corrected chi connectivity index (χ2v) is 4.77. The Balaban J connectivity index is 2.47. The quantitative estimate of drug-likeness (QED) is 0.745. The summed E-state index contributed by atoms with van der Waals surface area (Å²) in [6.45, 7) is 2.27. The van der Waals surface area contributed by atoms with Gasteiger partial charge in [0.1, 0.15) is 23.1 Å². The maximum absolute atomic E-state index is 14.1. The first-order valence-corrected chi connectivity index (χ1v) is 6.90. The molecule has 2 aromatic carbocycles. The lowest BCUT2D eigenvalue weighted by Crippen LogP contribution is -2.05. The Morgan fingerprint density at radius 2 is 1.76 bits per heavy atom. The number of halogens is 3. The van der Waals surface area contributed by atoms with Crippen molar-refractivity contribution < 1.29 is 18.3 Å². The summed E-state index contributed by atoms with van der Waals surface area (Å²) < 4.78 is 38.5. The first kappa shape index (κ1) is 15.6. The largest absolute Gasteiger partial charge is 0.497 e. The summed E-state index contributed by atoms with van der Waals surface area (Å²) in [7, 11) is 1.34. The van der Waals surface area contributed by atoms with E-state index in [9.17, 15) is 8.78 Å². The maximum Gasteiger partial charge on any atom is 0.134 e. The third kappa shape index (κ3) is 3.27. The predicted molar refractivity (Wildman–Crippen MR) is 78.2 cm³/mol. The van der Waals surface area contributed by atoms with Crippen molar-refractivity contribution in [2.24, 2.45) is 0 Å². The zero-order valence-electron chi connectivity index (χ0n) is 11.7. The molecule has 0 saturated heterocycles. The number of para-hydroxylation sites is 1. The van der Waals surface area contributed by atoms with Crippen LogP contribution in [0, 0.1) is 11.6 Å². The highest BCUT2D eigenvalue weighted by Crippen LogP contribution is 2.38. The molecule has 0 aliphatic carbocycles. The normalized spacial score (nSPS) is 12.0. The molecular weight excluding hydrogens is 298 g/mol. The molecule has 0 fully saturated rings. The second kappa shape index (κ2) is 6.76. The van der Waals surface area contributed by atoms with Gasteiger partial charge in [0, 0.05) is 23.3 Å². The van der Waals surface area contributed by atoms with E-state index in [0.717, 1.165) is 12.1 Å². The lowest BCUT2D eigenvalue weighted by molar-refractivity contribution is 0.336. The van der Waals surface area contributed by atoms with Gasteiger partial charge >= 0.3 is 0 Å². The van der Waals surface area contributed by atoms with E-state index in [1.54, 1.807) is 24.3 Å². The van der Waals surface area contributed by atoms with Crippen molar-refractivity contribution in [3.05, 3.63) is 59.2 Å². The average Bonchev–Trinajstić information content (AvgIpc) is 2.47. The van der Waals surface area contributed by atoms with Gasteiger partial charge < -0.3 is 9.47 Å². The van der Waals surface area contributed by atoms with E-state index in [2.05, 4.69) is 0 Å². The fourth-order valence-corrected chi connectivity index (χ4v) is 2.44. The maximum atomic E-state index is 14.1. The summed E-state index contributed by atoms with van der Waals surface area (Å²) >= 11 is 6.28. The third-order valence-electron chi connectivity index (χ3n) is 3.03. The molecule has 0 aliphatic heterocycles. The van der Waals surface area contributed by atoms with E-state index >= 15 is 0 Å². The molecule has 5 heteroatoms. The number of ether oxygens (including phenoxy) is 2. The van der Waals surface area contributed by atoms with Crippen molar-refractivity contribution in [3.63, 3.8) is 0 Å². The van der Waals surface area contributed by atoms with E-state index in [4.69, 9.17) is 21.1 Å². The van der Waals surface area contributed by atoms with Crippen molar-refractivity contribution in [1.82, 2.24) is 0 Å². The molecular formula is C16H15ClF2O2. The van der Waals surface area contributed by atoms with E-state index in [0.29, 0.717) is 17.9 Å². The Kier molecular flexibility index (Phi) is 5.02. The first-order chi connectivity index (χ1) is 10.1. The van der Waals surface area contributed by atoms with E-state index in [1.165, 1.54) is 7.11 Å². The topological polar surface area (TPSA) is 18.5 Å². The van der Waals surface area contributed by atoms with Crippen LogP contribution in [0.3, 0.4) is 0 Å². The van der Waals surface area contributed by atoms with Crippen LogP contribution in [-0.2, 0) is 0 Å². The second-order valence-electron chi connectivity index (χ2n) is 4.34. The van der Waals surface area contributed by atoms with Gasteiger partial charge in [0.2, 0.25) is 0 Å². The Labute approximate surface area is 127 Å². The molecule has 0 amide bonds. The standard InChI is InChI=1S/C16H15ClF2O2/c1-3-21-14-7-5-4-6-11(14)16(17)15-12(18)8-10(20-2)9-13(15)19/h4-9,16H,3H2,1-2H3. The Bertz CT molecular complexity index is 608. The summed E-state index contributed by atoms with van der Waals surface area (Å²) in [6, 6.07) is 9.14. The molecule has 0 aliphatic rings. The number of benzene rings is 2. The molecule has 21 heavy (non-hydrogen) atoms. The summed E-state index contributed by atoms with van der Waals surface area (Å²) in [4.78, 5) is 0. The van der Waals surface area contributed by atoms with Crippen molar-refractivity contribution in [2.45, 2.75) is 12.3 Å². The molecule has 0 N–H and O–H groups in total. The molecule has 2 aromatic rings. The highest BCUT2D eigenvalue weighted by Gasteiger charge is 2.23. The van der Waals surface area contributed by atoms with Crippen molar-refractivity contribution >= 4 is 11.6 Å². The van der Waals surface area contributed by atoms with Crippen LogP contribution in [0.5, 0.6) is 11.5 Å². The molecule has 2 rings (SSSR count). The smallest absolute Gasteiger partial charge is 0.134 e. The fraction of sp³-hybridized carbons (Fsp3) is 0.250. The number of methoxy groups -OCH3 is 1. The van der Waals surface area contributed by atoms with Gasteiger partial charge in [-0.2, -0.15) is 0 Å². The SMILES string of the molecule is CCOc1ccccc1C(Cl)c1c(F)cc(OC)cc1F. The Morgan fingerprint density at radius 1 is 1.14 bits per heavy atom. The van der Waals surface area contributed by atoms with Crippen LogP contribution in [0.4, 0.5) is 8.78 Å². The summed E-state index contributed by atoms with van der Waals surface area (Å²) in [6.07, 6.45) is 0. The van der Waals surface area contributed by atoms with Gasteiger partial charge in [-0.3, -0.25) is 0 Å². The summed E-state index contributed by atoms with van der Waals surface area (Å²) in [5, 5.41) is -0.987. The van der Waals surface area contributed by atoms with Crippen molar-refractivity contribution in [3.8, 4) is 11.5 Å². The average molecular weight is 313 g/mol. The minimum absolute atomic E-state index is 0.107. The van der Waals surface area contributed by atoms with Gasteiger partial charge in [-0.15, -0.1) is 11.6 Å². The van der Waals surface area contributed by atoms with Crippen LogP contribution in [0.25, 0.3) is 0 Å². The first-order valence-electron chi connectivity index (χ1n) is 6.47. The van der Waals surface area contributed by atoms with Crippen molar-refractivity contribution in [2.75, 3.05) is 13.7 Å². The Hall–Kier alpha value is -1.81. The minimum Gasteiger partial charge on any atom is -0.497 e. The predicted octanol–water partition coefficient (Wildman–Crippen LogP) is 4.70. The number of alkyl halides is 1. The molecule has 112 valence electrons. The lowest BCUT2D eigenvalue weighted by atomic mass is 10.0. The fourth-order valence-electron chi connectivity index (χ4n) is 2.05. The lowest BCUT2D eigenvalue weighted by Gasteiger charge is -2.17. The van der Waals surface area contributed by atoms with Crippen LogP contribution in [0.2, 0.25) is 0 Å². The number of hydrogen-bond donors (Lipinski definition) is 0. The number of rotatable bonds is 5. The van der Waals surface area contributed by atoms with E-state index < -0.39 is 17.0 Å². The molecule has 0 spiro atoms. The molecule has 1 atom stereocenters. The van der Waals surface area contributed by atoms with Crippen molar-refractivity contribution in [1.29, 1.82) is 0 Å². The molecule has 0 radical (unpaired) electrons. The zero-order valence-corrected chi connectivity index (χ0v) is 12.5. The van der Waals surface area contributed by atoms with Crippen LogP contribution in [0.1, 0.15) is 23.4 Å². The highest BCUT2D eigenvalue weighted by atomic mass is 35.5. The summed E-state index contributed by atoms with van der Waals surface area (Å²) in [5.41, 5.74) is 0.300. The van der Waals surface area contributed by atoms with Gasteiger partial charge in [-0.1, -0.05) is 18.2 Å². The zero-order chi connectivity index (χ0) is 15.4. The molecule has 2 nitrogen and oxygen atoms in total. The number of hydrogen-bond acceptors (Lipinski definition) is 2. The molecule has 0 heterocycles. The molecule has 0 aromatic heterocycles. The van der Waals surface area contributed by atoms with Crippen LogP contribution >= 0.6 is 11.6 Å². The monoisotopic (exact) mass is 312 g/mol. The van der Waals surface area contributed by atoms with Gasteiger partial charge in [0.05, 0.1) is 19.1 Å². The van der Waals surface area contributed by atoms with Gasteiger partial charge in [-0.05, 0) is 13.0 Å². The van der Waals surface area contributed by atoms with Crippen LogP contribution < -0.4 is 9.47 Å². The van der Waals surface area contributed by atoms with Gasteiger partial charge in [0.15, 0.2) is 0 Å². The third-order valence-corrected chi connectivity index (χ3v) is 3.49. The highest BCUT2D eigenvalue weighted by molar-refractivity contribution is 6.22. The Morgan fingerprint density at radius 3 is 2.33 bits per heavy atom. The van der Waals surface area contributed by atoms with Gasteiger partial charge in [-0.25, -0.2) is 8.78 Å². The van der Waals surface area contributed by atoms with E-state index in [1.807, 2.05) is 6.92 Å². The minimum atomic E-state index is -0.987. The van der Waals surface area contributed by atoms with Crippen LogP contribution in [-0.4, -0.2) is 13.7 Å². The molecule has 0 saturated carbocycles. The van der Waals surface area contributed by atoms with E-state index in [-0.39, 0.29) is 11.3 Å². The molecule has 0 bridgehead atoms. The van der Waals surface area contributed by atoms with Gasteiger partial charge in [0.25, 0.3) is 0 Å². The summed E-state index contributed by atoms with van der Waals surface area (Å²) in [5.74, 6) is -0.887. The van der Waals surface area contributed by atoms with Crippen LogP contribution in [0.15, 0.2) is 36.4 Å². The molecule has 1 unspecified atom stereocenters.